The monoisotopic (exact) mass is 523 g/mol. The molecule has 1 aromatic carbocycles. The molecular formula is C27H45N3O5S. The van der Waals surface area contributed by atoms with Gasteiger partial charge in [0.2, 0.25) is 15.9 Å². The van der Waals surface area contributed by atoms with Crippen molar-refractivity contribution in [2.75, 3.05) is 53.0 Å². The molecule has 2 aliphatic heterocycles. The van der Waals surface area contributed by atoms with Crippen LogP contribution in [0.1, 0.15) is 63.5 Å². The van der Waals surface area contributed by atoms with Crippen LogP contribution < -0.4 is 4.74 Å². The maximum atomic E-state index is 13.6. The van der Waals surface area contributed by atoms with Crippen LogP contribution in [0, 0.1) is 13.8 Å². The molecule has 0 radical (unpaired) electrons. The average Bonchev–Trinajstić information content (AvgIpc) is 3.33. The molecule has 3 rings (SSSR count). The molecule has 1 atom stereocenters. The predicted octanol–water partition coefficient (Wildman–Crippen LogP) is 3.59. The highest BCUT2D eigenvalue weighted by Gasteiger charge is 2.37. The molecule has 0 saturated carbocycles. The Bertz CT molecular complexity index is 947. The summed E-state index contributed by atoms with van der Waals surface area (Å²) in [6.07, 6.45) is 5.83. The summed E-state index contributed by atoms with van der Waals surface area (Å²) in [6.45, 7) is 12.5. The zero-order valence-corrected chi connectivity index (χ0v) is 23.6. The van der Waals surface area contributed by atoms with Gasteiger partial charge < -0.3 is 19.3 Å². The van der Waals surface area contributed by atoms with Crippen LogP contribution in [0.4, 0.5) is 0 Å². The number of hydrogen-bond acceptors (Lipinski definition) is 6. The molecule has 0 N–H and O–H groups in total. The van der Waals surface area contributed by atoms with Gasteiger partial charge in [-0.25, -0.2) is 8.42 Å². The maximum absolute atomic E-state index is 13.6. The van der Waals surface area contributed by atoms with Gasteiger partial charge in [0.15, 0.2) is 0 Å². The third kappa shape index (κ3) is 6.79. The van der Waals surface area contributed by atoms with Gasteiger partial charge in [-0.15, -0.1) is 0 Å². The number of piperidine rings is 1. The van der Waals surface area contributed by atoms with E-state index < -0.39 is 10.0 Å². The number of hydrogen-bond donors (Lipinski definition) is 0. The molecule has 0 aromatic heterocycles. The zero-order chi connectivity index (χ0) is 26.3. The summed E-state index contributed by atoms with van der Waals surface area (Å²) in [5, 5.41) is 0. The topological polar surface area (TPSA) is 79.4 Å². The van der Waals surface area contributed by atoms with Gasteiger partial charge >= 0.3 is 0 Å². The second-order valence-corrected chi connectivity index (χ2v) is 12.0. The fraction of sp³-hybridized carbons (Fsp3) is 0.741. The Kier molecular flexibility index (Phi) is 10.6. The minimum atomic E-state index is -3.67. The van der Waals surface area contributed by atoms with Crippen molar-refractivity contribution in [3.05, 3.63) is 23.3 Å². The minimum Gasteiger partial charge on any atom is -0.497 e. The first-order valence-electron chi connectivity index (χ1n) is 13.5. The molecule has 36 heavy (non-hydrogen) atoms. The molecule has 2 heterocycles. The van der Waals surface area contributed by atoms with Gasteiger partial charge in [0.25, 0.3) is 0 Å². The van der Waals surface area contributed by atoms with Crippen molar-refractivity contribution in [1.82, 2.24) is 14.1 Å². The van der Waals surface area contributed by atoms with Crippen LogP contribution in [0.5, 0.6) is 5.75 Å². The number of benzene rings is 1. The number of carbonyl (C=O) groups excluding carboxylic acids is 1. The molecule has 8 nitrogen and oxygen atoms in total. The summed E-state index contributed by atoms with van der Waals surface area (Å²) < 4.78 is 39.8. The molecule has 2 saturated heterocycles. The Morgan fingerprint density at radius 1 is 1.03 bits per heavy atom. The Labute approximate surface area is 218 Å². The van der Waals surface area contributed by atoms with Crippen LogP contribution in [0.3, 0.4) is 0 Å². The Morgan fingerprint density at radius 3 is 2.19 bits per heavy atom. The minimum absolute atomic E-state index is 0.000213. The van der Waals surface area contributed by atoms with E-state index in [2.05, 4.69) is 18.7 Å². The lowest BCUT2D eigenvalue weighted by atomic mass is 10.0. The second kappa shape index (κ2) is 13.2. The van der Waals surface area contributed by atoms with Crippen LogP contribution >= 0.6 is 0 Å². The van der Waals surface area contributed by atoms with E-state index in [1.807, 2.05) is 4.90 Å². The highest BCUT2D eigenvalue weighted by Crippen LogP contribution is 2.32. The van der Waals surface area contributed by atoms with Gasteiger partial charge in [-0.1, -0.05) is 13.8 Å². The number of likely N-dealkylation sites (tertiary alicyclic amines) is 1. The average molecular weight is 524 g/mol. The normalized spacial score (nSPS) is 19.8. The summed E-state index contributed by atoms with van der Waals surface area (Å²) in [6, 6.07) is 3.81. The highest BCUT2D eigenvalue weighted by atomic mass is 32.2. The van der Waals surface area contributed by atoms with Crippen LogP contribution in [0.2, 0.25) is 0 Å². The standard InChI is InChI=1S/C27H45N3O5S/c1-6-12-28(13-7-2)23-10-15-29(16-11-23)26(31)20-35-19-24-9-8-14-30(24)36(32,33)27-21(3)17-25(34-5)18-22(27)4/h17-18,23-24H,6-16,19-20H2,1-5H3/t24-/m0/s1. The van der Waals surface area contributed by atoms with E-state index in [9.17, 15) is 13.2 Å². The number of nitrogens with zero attached hydrogens (tertiary/aromatic N) is 3. The zero-order valence-electron chi connectivity index (χ0n) is 22.8. The molecule has 9 heteroatoms. The van der Waals surface area contributed by atoms with E-state index in [4.69, 9.17) is 9.47 Å². The third-order valence-corrected chi connectivity index (χ3v) is 9.71. The summed E-state index contributed by atoms with van der Waals surface area (Å²) in [4.78, 5) is 17.6. The van der Waals surface area contributed by atoms with Crippen molar-refractivity contribution in [3.8, 4) is 5.75 Å². The van der Waals surface area contributed by atoms with Crippen molar-refractivity contribution >= 4 is 15.9 Å². The lowest BCUT2D eigenvalue weighted by molar-refractivity contribution is -0.138. The molecule has 1 aromatic rings. The Morgan fingerprint density at radius 2 is 1.64 bits per heavy atom. The molecule has 1 amide bonds. The first kappa shape index (κ1) is 28.9. The Hall–Kier alpha value is -1.68. The largest absolute Gasteiger partial charge is 0.497 e. The molecular weight excluding hydrogens is 478 g/mol. The van der Waals surface area contributed by atoms with Crippen molar-refractivity contribution < 1.29 is 22.7 Å². The van der Waals surface area contributed by atoms with Crippen LogP contribution in [0.25, 0.3) is 0 Å². The summed E-state index contributed by atoms with van der Waals surface area (Å²) in [5.41, 5.74) is 1.35. The first-order valence-corrected chi connectivity index (χ1v) is 14.9. The molecule has 0 unspecified atom stereocenters. The molecule has 2 fully saturated rings. The summed E-state index contributed by atoms with van der Waals surface area (Å²) in [5.74, 6) is 0.650. The molecule has 0 bridgehead atoms. The van der Waals surface area contributed by atoms with Gasteiger partial charge in [-0.05, 0) is 88.7 Å². The van der Waals surface area contributed by atoms with Crippen molar-refractivity contribution in [2.24, 2.45) is 0 Å². The van der Waals surface area contributed by atoms with E-state index >= 15 is 0 Å². The van der Waals surface area contributed by atoms with E-state index in [0.717, 1.165) is 64.7 Å². The van der Waals surface area contributed by atoms with Gasteiger partial charge in [0, 0.05) is 31.7 Å². The maximum Gasteiger partial charge on any atom is 0.248 e. The second-order valence-electron chi connectivity index (χ2n) is 10.2. The Balaban J connectivity index is 1.53. The number of sulfonamides is 1. The smallest absolute Gasteiger partial charge is 0.248 e. The molecule has 2 aliphatic rings. The SMILES string of the molecule is CCCN(CCC)C1CCN(C(=O)COC[C@@H]2CCCN2S(=O)(=O)c2c(C)cc(OC)cc2C)CC1. The van der Waals surface area contributed by atoms with Crippen LogP contribution in [-0.4, -0.2) is 93.6 Å². The van der Waals surface area contributed by atoms with E-state index in [1.54, 1.807) is 37.4 Å². The van der Waals surface area contributed by atoms with Gasteiger partial charge in [0.1, 0.15) is 12.4 Å². The molecule has 0 aliphatic carbocycles. The molecule has 0 spiro atoms. The highest BCUT2D eigenvalue weighted by molar-refractivity contribution is 7.89. The van der Waals surface area contributed by atoms with Crippen molar-refractivity contribution in [3.63, 3.8) is 0 Å². The number of carbonyl (C=O) groups is 1. The first-order chi connectivity index (χ1) is 17.2. The quantitative estimate of drug-likeness (QED) is 0.417. The summed E-state index contributed by atoms with van der Waals surface area (Å²) in [7, 11) is -2.09. The van der Waals surface area contributed by atoms with E-state index in [0.29, 0.717) is 34.4 Å². The lowest BCUT2D eigenvalue weighted by Crippen LogP contribution is -2.48. The number of aryl methyl sites for hydroxylation is 2. The fourth-order valence-corrected chi connectivity index (χ4v) is 7.84. The summed E-state index contributed by atoms with van der Waals surface area (Å²) >= 11 is 0. The predicted molar refractivity (Wildman–Crippen MR) is 142 cm³/mol. The number of amides is 1. The van der Waals surface area contributed by atoms with Crippen molar-refractivity contribution in [1.29, 1.82) is 0 Å². The van der Waals surface area contributed by atoms with Gasteiger partial charge in [0.05, 0.1) is 18.6 Å². The van der Waals surface area contributed by atoms with Gasteiger partial charge in [-0.3, -0.25) is 4.79 Å². The third-order valence-electron chi connectivity index (χ3n) is 7.45. The van der Waals surface area contributed by atoms with Crippen LogP contribution in [0.15, 0.2) is 17.0 Å². The number of methoxy groups -OCH3 is 1. The fourth-order valence-electron chi connectivity index (χ4n) is 5.75. The van der Waals surface area contributed by atoms with Crippen molar-refractivity contribution in [2.45, 2.75) is 83.2 Å². The van der Waals surface area contributed by atoms with Crippen LogP contribution in [-0.2, 0) is 19.6 Å². The lowest BCUT2D eigenvalue weighted by Gasteiger charge is -2.38. The number of rotatable bonds is 12. The molecule has 204 valence electrons. The van der Waals surface area contributed by atoms with E-state index in [1.165, 1.54) is 0 Å². The van der Waals surface area contributed by atoms with E-state index in [-0.39, 0.29) is 25.2 Å². The van der Waals surface area contributed by atoms with Gasteiger partial charge in [-0.2, -0.15) is 4.31 Å². The number of ether oxygens (including phenoxy) is 2.